The summed E-state index contributed by atoms with van der Waals surface area (Å²) in [6, 6.07) is 17.6. The number of phenols is 1. The standard InChI is InChI=1S/C42H35NO8/c1-22-16-34(45)33-20-32-30(37(39(33)40(22)46)26-17-25-18-28(44)10-14-36(25)51-21-26)12-13-31-38(32)42(48)43(41(31)47)27-8-5-23(6-9-27)4-7-24-19-29(49-2)11-15-35(24)50-3/h4-12,14-16,18-19,21,31-32,37-38,44H,13,17,20H2,1-3H3/t31-,32+,37-,38-/m0/s1. The number of fused-ring (bicyclic) bond motifs is 4. The first-order valence-electron chi connectivity index (χ1n) is 16.9. The fourth-order valence-electron chi connectivity index (χ4n) is 8.32. The normalized spacial score (nSPS) is 23.9. The van der Waals surface area contributed by atoms with Crippen LogP contribution < -0.4 is 19.1 Å². The van der Waals surface area contributed by atoms with E-state index >= 15 is 0 Å². The second kappa shape index (κ2) is 12.4. The molecule has 9 nitrogen and oxygen atoms in total. The molecule has 2 heterocycles. The van der Waals surface area contributed by atoms with Gasteiger partial charge in [-0.2, -0.15) is 0 Å². The number of methoxy groups -OCH3 is 2. The summed E-state index contributed by atoms with van der Waals surface area (Å²) in [5, 5.41) is 10.2. The van der Waals surface area contributed by atoms with Crippen LogP contribution in [0.1, 0.15) is 36.5 Å². The van der Waals surface area contributed by atoms with Gasteiger partial charge in [-0.15, -0.1) is 0 Å². The summed E-state index contributed by atoms with van der Waals surface area (Å²) in [7, 11) is 3.21. The van der Waals surface area contributed by atoms with Crippen LogP contribution in [0.2, 0.25) is 0 Å². The van der Waals surface area contributed by atoms with Gasteiger partial charge in [0.1, 0.15) is 23.0 Å². The van der Waals surface area contributed by atoms with Crippen molar-refractivity contribution in [2.45, 2.75) is 26.2 Å². The lowest BCUT2D eigenvalue weighted by Gasteiger charge is -2.43. The van der Waals surface area contributed by atoms with Gasteiger partial charge in [-0.1, -0.05) is 35.9 Å². The molecule has 4 atom stereocenters. The number of aromatic hydroxyl groups is 1. The molecule has 3 aromatic rings. The van der Waals surface area contributed by atoms with Crippen LogP contribution >= 0.6 is 0 Å². The van der Waals surface area contributed by atoms with Gasteiger partial charge in [-0.3, -0.25) is 24.1 Å². The predicted octanol–water partition coefficient (Wildman–Crippen LogP) is 6.57. The number of Topliss-reactive ketones (excluding diaryl/α,β-unsaturated/α-hetero) is 1. The van der Waals surface area contributed by atoms with E-state index in [1.54, 1.807) is 57.7 Å². The van der Waals surface area contributed by atoms with Crippen molar-refractivity contribution in [1.29, 1.82) is 0 Å². The van der Waals surface area contributed by atoms with Crippen molar-refractivity contribution in [3.8, 4) is 23.0 Å². The molecule has 5 aliphatic rings. The smallest absolute Gasteiger partial charge is 0.238 e. The summed E-state index contributed by atoms with van der Waals surface area (Å²) >= 11 is 0. The Morgan fingerprint density at radius 1 is 0.902 bits per heavy atom. The molecule has 0 unspecified atom stereocenters. The van der Waals surface area contributed by atoms with Crippen LogP contribution in [0.3, 0.4) is 0 Å². The number of nitrogens with zero attached hydrogens (tertiary/aromatic N) is 1. The van der Waals surface area contributed by atoms with E-state index in [1.165, 1.54) is 11.0 Å². The average molecular weight is 682 g/mol. The Hall–Kier alpha value is -5.96. The maximum Gasteiger partial charge on any atom is 0.238 e. The van der Waals surface area contributed by atoms with Crippen molar-refractivity contribution in [1.82, 2.24) is 0 Å². The summed E-state index contributed by atoms with van der Waals surface area (Å²) in [4.78, 5) is 56.9. The summed E-state index contributed by atoms with van der Waals surface area (Å²) < 4.78 is 16.8. The fraction of sp³-hybridized carbons (Fsp3) is 0.238. The second-order valence-corrected chi connectivity index (χ2v) is 13.6. The Morgan fingerprint density at radius 3 is 2.47 bits per heavy atom. The SMILES string of the molecule is COc1ccc(OC)c(C=Cc2ccc(N3C(=O)[C@H]4[C@H](CC=C5[C@H](C6=COc7ccc(O)cc7C6)C6=C(C[C@H]54)C(=O)C=C(C)C6=O)C3=O)cc2)c1. The van der Waals surface area contributed by atoms with Crippen LogP contribution in [0.25, 0.3) is 12.2 Å². The minimum absolute atomic E-state index is 0.0961. The number of hydrogen-bond acceptors (Lipinski definition) is 8. The molecule has 0 spiro atoms. The number of carbonyl (C=O) groups excluding carboxylic acids is 4. The third-order valence-corrected chi connectivity index (χ3v) is 10.8. The van der Waals surface area contributed by atoms with Crippen LogP contribution in [0.4, 0.5) is 5.69 Å². The van der Waals surface area contributed by atoms with Crippen LogP contribution in [0, 0.1) is 23.7 Å². The lowest BCUT2D eigenvalue weighted by molar-refractivity contribution is -0.123. The minimum atomic E-state index is -0.689. The third kappa shape index (κ3) is 5.31. The van der Waals surface area contributed by atoms with Crippen LogP contribution in [0.5, 0.6) is 23.0 Å². The first-order valence-corrected chi connectivity index (χ1v) is 16.9. The van der Waals surface area contributed by atoms with Crippen LogP contribution in [-0.4, -0.2) is 42.7 Å². The number of amides is 2. The number of allylic oxidation sites excluding steroid dienone is 7. The molecule has 9 heteroatoms. The van der Waals surface area contributed by atoms with Gasteiger partial charge in [-0.25, -0.2) is 0 Å². The quantitative estimate of drug-likeness (QED) is 0.134. The molecule has 1 fully saturated rings. The molecule has 1 N–H and O–H groups in total. The van der Waals surface area contributed by atoms with Gasteiger partial charge in [0.25, 0.3) is 0 Å². The van der Waals surface area contributed by atoms with Crippen molar-refractivity contribution in [3.05, 3.63) is 124 Å². The van der Waals surface area contributed by atoms with E-state index < -0.39 is 23.7 Å². The van der Waals surface area contributed by atoms with E-state index in [0.29, 0.717) is 52.5 Å². The largest absolute Gasteiger partial charge is 0.508 e. The Labute approximate surface area is 294 Å². The molecular formula is C42H35NO8. The monoisotopic (exact) mass is 681 g/mol. The third-order valence-electron chi connectivity index (χ3n) is 10.8. The molecule has 3 aromatic carbocycles. The van der Waals surface area contributed by atoms with Gasteiger partial charge >= 0.3 is 0 Å². The molecule has 2 aliphatic heterocycles. The van der Waals surface area contributed by atoms with Gasteiger partial charge in [0.15, 0.2) is 11.6 Å². The van der Waals surface area contributed by atoms with Crippen LogP contribution in [0.15, 0.2) is 107 Å². The van der Waals surface area contributed by atoms with Crippen LogP contribution in [-0.2, 0) is 25.6 Å². The van der Waals surface area contributed by atoms with Gasteiger partial charge in [0.2, 0.25) is 11.8 Å². The number of carbonyl (C=O) groups is 4. The molecule has 0 saturated carbocycles. The number of ether oxygens (including phenoxy) is 3. The molecule has 256 valence electrons. The Morgan fingerprint density at radius 2 is 1.71 bits per heavy atom. The van der Waals surface area contributed by atoms with Gasteiger partial charge < -0.3 is 19.3 Å². The molecular weight excluding hydrogens is 646 g/mol. The highest BCUT2D eigenvalue weighted by atomic mass is 16.5. The lowest BCUT2D eigenvalue weighted by Crippen LogP contribution is -2.41. The number of imide groups is 1. The summed E-state index contributed by atoms with van der Waals surface area (Å²) in [6.07, 6.45) is 9.75. The molecule has 1 saturated heterocycles. The molecule has 0 aromatic heterocycles. The number of ketones is 2. The van der Waals surface area contributed by atoms with E-state index in [2.05, 4.69) is 0 Å². The number of hydrogen-bond donors (Lipinski definition) is 1. The highest BCUT2D eigenvalue weighted by Crippen LogP contribution is 2.55. The zero-order valence-electron chi connectivity index (χ0n) is 28.3. The predicted molar refractivity (Wildman–Crippen MR) is 190 cm³/mol. The Balaban J connectivity index is 1.10. The minimum Gasteiger partial charge on any atom is -0.508 e. The van der Waals surface area contributed by atoms with E-state index in [-0.39, 0.29) is 35.6 Å². The zero-order valence-corrected chi connectivity index (χ0v) is 28.3. The molecule has 0 bridgehead atoms. The van der Waals surface area contributed by atoms with Crippen molar-refractivity contribution in [3.63, 3.8) is 0 Å². The van der Waals surface area contributed by atoms with Crippen molar-refractivity contribution >= 4 is 41.2 Å². The zero-order chi connectivity index (χ0) is 35.6. The molecule has 8 rings (SSSR count). The van der Waals surface area contributed by atoms with E-state index in [0.717, 1.165) is 27.8 Å². The number of anilines is 1. The number of phenolic OH excluding ortho intramolecular Hbond substituents is 1. The van der Waals surface area contributed by atoms with Gasteiger partial charge in [-0.05, 0) is 91.4 Å². The van der Waals surface area contributed by atoms with Crippen molar-refractivity contribution in [2.24, 2.45) is 23.7 Å². The second-order valence-electron chi connectivity index (χ2n) is 13.6. The number of benzene rings is 3. The Kier molecular flexibility index (Phi) is 7.86. The Bertz CT molecular complexity index is 2200. The highest BCUT2D eigenvalue weighted by Gasteiger charge is 2.57. The van der Waals surface area contributed by atoms with Gasteiger partial charge in [0.05, 0.1) is 38.0 Å². The van der Waals surface area contributed by atoms with E-state index in [4.69, 9.17) is 14.2 Å². The van der Waals surface area contributed by atoms with E-state index in [1.807, 2.05) is 48.6 Å². The fourth-order valence-corrected chi connectivity index (χ4v) is 8.32. The topological polar surface area (TPSA) is 119 Å². The summed E-state index contributed by atoms with van der Waals surface area (Å²) in [6.45, 7) is 1.64. The van der Waals surface area contributed by atoms with Crippen molar-refractivity contribution < 1.29 is 38.5 Å². The van der Waals surface area contributed by atoms with Gasteiger partial charge in [0, 0.05) is 40.2 Å². The molecule has 3 aliphatic carbocycles. The molecule has 0 radical (unpaired) electrons. The molecule has 51 heavy (non-hydrogen) atoms. The first-order chi connectivity index (χ1) is 24.7. The van der Waals surface area contributed by atoms with Crippen molar-refractivity contribution in [2.75, 3.05) is 19.1 Å². The maximum atomic E-state index is 14.4. The lowest BCUT2D eigenvalue weighted by atomic mass is 9.58. The first kappa shape index (κ1) is 32.3. The average Bonchev–Trinajstić information content (AvgIpc) is 3.40. The number of rotatable bonds is 6. The molecule has 2 amide bonds. The van der Waals surface area contributed by atoms with E-state index in [9.17, 15) is 24.3 Å². The maximum absolute atomic E-state index is 14.4. The highest BCUT2D eigenvalue weighted by molar-refractivity contribution is 6.25. The summed E-state index contributed by atoms with van der Waals surface area (Å²) in [5.74, 6) is -1.25. The summed E-state index contributed by atoms with van der Waals surface area (Å²) in [5.41, 5.74) is 5.73.